The summed E-state index contributed by atoms with van der Waals surface area (Å²) in [5.74, 6) is -0.762. The molecule has 3 atom stereocenters. The highest BCUT2D eigenvalue weighted by atomic mass is 16.5. The van der Waals surface area contributed by atoms with Crippen molar-refractivity contribution >= 4 is 23.6 Å². The van der Waals surface area contributed by atoms with Gasteiger partial charge in [0, 0.05) is 18.2 Å². The summed E-state index contributed by atoms with van der Waals surface area (Å²) in [6, 6.07) is 18.7. The van der Waals surface area contributed by atoms with Crippen LogP contribution in [0.4, 0.5) is 0 Å². The first-order valence-corrected chi connectivity index (χ1v) is 15.5. The zero-order valence-electron chi connectivity index (χ0n) is 26.5. The van der Waals surface area contributed by atoms with Gasteiger partial charge in [-0.05, 0) is 42.7 Å². The number of fused-ring (bicyclic) bond motifs is 14. The molecule has 2 aliphatic heterocycles. The second-order valence-electron chi connectivity index (χ2n) is 11.6. The van der Waals surface area contributed by atoms with Gasteiger partial charge in [0.25, 0.3) is 5.91 Å². The molecule has 2 aromatic carbocycles. The second-order valence-corrected chi connectivity index (χ2v) is 11.6. The number of ether oxygens (including phenoxy) is 1. The minimum absolute atomic E-state index is 0.133. The van der Waals surface area contributed by atoms with Crippen LogP contribution in [0.3, 0.4) is 0 Å². The molecule has 0 radical (unpaired) electrons. The van der Waals surface area contributed by atoms with E-state index < -0.39 is 35.8 Å². The summed E-state index contributed by atoms with van der Waals surface area (Å²) in [5, 5.41) is 16.0. The number of pyridine rings is 1. The van der Waals surface area contributed by atoms with Crippen molar-refractivity contribution < 1.29 is 23.9 Å². The Morgan fingerprint density at radius 1 is 0.957 bits per heavy atom. The molecule has 0 unspecified atom stereocenters. The van der Waals surface area contributed by atoms with Gasteiger partial charge < -0.3 is 26.0 Å². The number of benzene rings is 2. The molecule has 4 amide bonds. The Hall–Kier alpha value is -5.59. The first-order chi connectivity index (χ1) is 22.7. The van der Waals surface area contributed by atoms with Crippen LogP contribution in [0.1, 0.15) is 48.7 Å². The molecule has 0 saturated heterocycles. The van der Waals surface area contributed by atoms with Crippen molar-refractivity contribution in [2.45, 2.75) is 51.9 Å². The van der Waals surface area contributed by atoms with Crippen LogP contribution in [-0.4, -0.2) is 68.6 Å². The Balaban J connectivity index is 1.45. The zero-order valence-corrected chi connectivity index (χ0v) is 26.5. The molecular formula is C34H38N8O5. The van der Waals surface area contributed by atoms with Crippen molar-refractivity contribution in [2.24, 2.45) is 5.92 Å². The van der Waals surface area contributed by atoms with Gasteiger partial charge in [0.2, 0.25) is 17.7 Å². The molecular weight excluding hydrogens is 600 g/mol. The summed E-state index contributed by atoms with van der Waals surface area (Å²) >= 11 is 0. The summed E-state index contributed by atoms with van der Waals surface area (Å²) in [4.78, 5) is 62.3. The number of hydrogen-bond acceptors (Lipinski definition) is 8. The third kappa shape index (κ3) is 8.57. The maximum atomic E-state index is 13.8. The van der Waals surface area contributed by atoms with E-state index in [1.54, 1.807) is 49.4 Å². The summed E-state index contributed by atoms with van der Waals surface area (Å²) in [6.45, 7) is 5.71. The molecule has 4 aromatic rings. The lowest BCUT2D eigenvalue weighted by molar-refractivity contribution is -0.131. The van der Waals surface area contributed by atoms with Crippen LogP contribution < -0.4 is 26.0 Å². The van der Waals surface area contributed by atoms with Gasteiger partial charge in [0.1, 0.15) is 42.5 Å². The summed E-state index contributed by atoms with van der Waals surface area (Å²) in [7, 11) is 0. The smallest absolute Gasteiger partial charge is 0.270 e. The molecule has 0 saturated carbocycles. The van der Waals surface area contributed by atoms with E-state index in [0.29, 0.717) is 17.4 Å². The first kappa shape index (κ1) is 32.8. The number of carbonyl (C=O) groups is 4. The number of hydrogen-bond donors (Lipinski definition) is 4. The van der Waals surface area contributed by atoms with Gasteiger partial charge in [0.15, 0.2) is 5.82 Å². The minimum Gasteiger partial charge on any atom is -0.492 e. The molecule has 0 spiro atoms. The van der Waals surface area contributed by atoms with Crippen LogP contribution in [0.2, 0.25) is 0 Å². The summed E-state index contributed by atoms with van der Waals surface area (Å²) in [5.41, 5.74) is 1.67. The number of nitrogens with zero attached hydrogens (tertiary/aromatic N) is 4. The van der Waals surface area contributed by atoms with E-state index in [0.717, 1.165) is 11.1 Å². The van der Waals surface area contributed by atoms with Gasteiger partial charge in [-0.15, -0.1) is 0 Å². The van der Waals surface area contributed by atoms with Gasteiger partial charge in [-0.1, -0.05) is 62.4 Å². The van der Waals surface area contributed by atoms with Crippen LogP contribution in [-0.2, 0) is 27.3 Å². The number of carbonyl (C=O) groups excluding carboxylic acids is 4. The van der Waals surface area contributed by atoms with Crippen LogP contribution in [0, 0.1) is 5.92 Å². The molecule has 4 heterocycles. The first-order valence-electron chi connectivity index (χ1n) is 15.5. The number of nitrogens with one attached hydrogen (secondary N) is 4. The molecule has 2 aromatic heterocycles. The molecule has 0 fully saturated rings. The van der Waals surface area contributed by atoms with Crippen LogP contribution >= 0.6 is 0 Å². The molecule has 2 bridgehead atoms. The fraction of sp³-hybridized carbons (Fsp3) is 0.324. The maximum Gasteiger partial charge on any atom is 0.270 e. The van der Waals surface area contributed by atoms with Gasteiger partial charge in [-0.25, -0.2) is 9.67 Å². The second kappa shape index (κ2) is 15.1. The average molecular weight is 639 g/mol. The highest BCUT2D eigenvalue weighted by molar-refractivity contribution is 5.97. The van der Waals surface area contributed by atoms with E-state index in [-0.39, 0.29) is 43.6 Å². The van der Waals surface area contributed by atoms with Gasteiger partial charge in [0.05, 0.1) is 12.6 Å². The van der Waals surface area contributed by atoms with Crippen LogP contribution in [0.5, 0.6) is 5.75 Å². The number of rotatable bonds is 4. The lowest BCUT2D eigenvalue weighted by atomic mass is 10.0. The minimum atomic E-state index is -1.01. The molecule has 4 N–H and O–H groups in total. The number of aromatic nitrogens is 4. The predicted molar refractivity (Wildman–Crippen MR) is 173 cm³/mol. The Morgan fingerprint density at radius 3 is 2.40 bits per heavy atom. The third-order valence-corrected chi connectivity index (χ3v) is 7.59. The summed E-state index contributed by atoms with van der Waals surface area (Å²) in [6.07, 6.45) is 1.64. The Labute approximate surface area is 272 Å². The molecule has 2 aliphatic rings. The van der Waals surface area contributed by atoms with Crippen molar-refractivity contribution in [3.8, 4) is 17.1 Å². The molecule has 244 valence electrons. The van der Waals surface area contributed by atoms with Gasteiger partial charge in [-0.3, -0.25) is 24.2 Å². The monoisotopic (exact) mass is 638 g/mol. The molecule has 47 heavy (non-hydrogen) atoms. The summed E-state index contributed by atoms with van der Waals surface area (Å²) < 4.78 is 7.27. The maximum absolute atomic E-state index is 13.8. The van der Waals surface area contributed by atoms with E-state index in [1.807, 2.05) is 44.2 Å². The molecule has 0 aliphatic carbocycles. The van der Waals surface area contributed by atoms with E-state index in [1.165, 1.54) is 10.9 Å². The van der Waals surface area contributed by atoms with E-state index in [4.69, 9.17) is 4.74 Å². The van der Waals surface area contributed by atoms with E-state index >= 15 is 0 Å². The van der Waals surface area contributed by atoms with Crippen LogP contribution in [0.25, 0.3) is 11.4 Å². The lowest BCUT2D eigenvalue weighted by Crippen LogP contribution is -2.56. The Kier molecular flexibility index (Phi) is 10.6. The Morgan fingerprint density at radius 2 is 1.70 bits per heavy atom. The van der Waals surface area contributed by atoms with Gasteiger partial charge >= 0.3 is 0 Å². The predicted octanol–water partition coefficient (Wildman–Crippen LogP) is 2.21. The fourth-order valence-electron chi connectivity index (χ4n) is 5.10. The van der Waals surface area contributed by atoms with Crippen molar-refractivity contribution in [3.63, 3.8) is 0 Å². The van der Waals surface area contributed by atoms with Gasteiger partial charge in [-0.2, -0.15) is 5.10 Å². The largest absolute Gasteiger partial charge is 0.492 e. The fourth-order valence-corrected chi connectivity index (χ4v) is 5.10. The van der Waals surface area contributed by atoms with Crippen molar-refractivity contribution in [1.29, 1.82) is 0 Å². The highest BCUT2D eigenvalue weighted by Gasteiger charge is 2.31. The van der Waals surface area contributed by atoms with Crippen molar-refractivity contribution in [1.82, 2.24) is 41.0 Å². The SMILES string of the molecule is CC(C)[C@H]1NC(=O)[C@@H](NC(=O)c2ccccn2)Cc2ccc(cc2)OCCNC(=O)Cn2nc(-c3ccccc3)nc2[C@H](C)NC1=O. The van der Waals surface area contributed by atoms with Crippen molar-refractivity contribution in [3.05, 3.63) is 96.1 Å². The molecule has 6 rings (SSSR count). The zero-order chi connectivity index (χ0) is 33.3. The molecule has 13 nitrogen and oxygen atoms in total. The Bertz CT molecular complexity index is 1690. The standard InChI is InChI=1S/C34H38N8O5/c1-21(2)29-34(46)37-22(3)31-40-30(24-9-5-4-6-10-24)41-42(31)20-28(43)36-17-18-47-25-14-12-23(13-15-25)19-27(33(45)39-29)38-32(44)26-11-7-8-16-35-26/h4-16,21-22,27,29H,17-20H2,1-3H3,(H,36,43)(H,37,46)(H,38,44)(H,39,45)/t22-,27-,29+/m0/s1. The third-order valence-electron chi connectivity index (χ3n) is 7.59. The topological polar surface area (TPSA) is 169 Å². The average Bonchev–Trinajstić information content (AvgIpc) is 3.49. The normalized spacial score (nSPS) is 19.5. The van der Waals surface area contributed by atoms with Crippen molar-refractivity contribution in [2.75, 3.05) is 13.2 Å². The lowest BCUT2D eigenvalue weighted by Gasteiger charge is -2.26. The number of amides is 4. The van der Waals surface area contributed by atoms with E-state index in [9.17, 15) is 19.2 Å². The highest BCUT2D eigenvalue weighted by Crippen LogP contribution is 2.20. The van der Waals surface area contributed by atoms with E-state index in [2.05, 4.69) is 36.3 Å². The molecule has 13 heteroatoms. The quantitative estimate of drug-likeness (QED) is 0.264. The van der Waals surface area contributed by atoms with Crippen LogP contribution in [0.15, 0.2) is 79.0 Å².